The highest BCUT2D eigenvalue weighted by Gasteiger charge is 2.19. The van der Waals surface area contributed by atoms with E-state index in [1.54, 1.807) is 6.07 Å². The molecule has 1 N–H and O–H groups in total. The molecule has 7 heteroatoms. The minimum Gasteiger partial charge on any atom is -0.465 e. The van der Waals surface area contributed by atoms with Crippen LogP contribution in [0.5, 0.6) is 11.5 Å². The molecule has 0 heterocycles. The SMILES string of the molecule is CCc1ccc(S(=O)(=O)NCCc2ccc(Oc3ccc(C)cc3)cc2)cc1C(=O)OC. The molecule has 0 fully saturated rings. The summed E-state index contributed by atoms with van der Waals surface area (Å²) in [5.74, 6) is 0.924. The van der Waals surface area contributed by atoms with E-state index in [0.717, 1.165) is 22.4 Å². The molecule has 0 aliphatic carbocycles. The summed E-state index contributed by atoms with van der Waals surface area (Å²) in [5, 5.41) is 0. The van der Waals surface area contributed by atoms with Gasteiger partial charge in [0.05, 0.1) is 17.6 Å². The third-order valence-corrected chi connectivity index (χ3v) is 6.52. The molecule has 6 nitrogen and oxygen atoms in total. The van der Waals surface area contributed by atoms with Crippen molar-refractivity contribution in [3.63, 3.8) is 0 Å². The number of benzene rings is 3. The summed E-state index contributed by atoms with van der Waals surface area (Å²) in [5.41, 5.74) is 3.14. The third kappa shape index (κ3) is 5.96. The molecule has 0 unspecified atom stereocenters. The van der Waals surface area contributed by atoms with E-state index >= 15 is 0 Å². The minimum absolute atomic E-state index is 0.0388. The van der Waals surface area contributed by atoms with Gasteiger partial charge >= 0.3 is 5.97 Å². The molecule has 168 valence electrons. The predicted molar refractivity (Wildman–Crippen MR) is 124 cm³/mol. The van der Waals surface area contributed by atoms with Crippen molar-refractivity contribution < 1.29 is 22.7 Å². The molecular weight excluding hydrogens is 426 g/mol. The van der Waals surface area contributed by atoms with Crippen LogP contribution < -0.4 is 9.46 Å². The Hall–Kier alpha value is -3.16. The van der Waals surface area contributed by atoms with Gasteiger partial charge in [0, 0.05) is 6.54 Å². The minimum atomic E-state index is -3.75. The van der Waals surface area contributed by atoms with Crippen molar-refractivity contribution in [2.45, 2.75) is 31.6 Å². The predicted octanol–water partition coefficient (Wildman–Crippen LogP) is 4.66. The summed E-state index contributed by atoms with van der Waals surface area (Å²) in [4.78, 5) is 12.0. The highest BCUT2D eigenvalue weighted by Crippen LogP contribution is 2.22. The van der Waals surface area contributed by atoms with Gasteiger partial charge in [-0.05, 0) is 67.3 Å². The molecule has 0 aliphatic heterocycles. The highest BCUT2D eigenvalue weighted by molar-refractivity contribution is 7.89. The number of hydrogen-bond acceptors (Lipinski definition) is 5. The Bertz CT molecular complexity index is 1170. The van der Waals surface area contributed by atoms with E-state index in [9.17, 15) is 13.2 Å². The van der Waals surface area contributed by atoms with Crippen molar-refractivity contribution in [2.24, 2.45) is 0 Å². The zero-order valence-corrected chi connectivity index (χ0v) is 19.2. The van der Waals surface area contributed by atoms with E-state index in [4.69, 9.17) is 9.47 Å². The Morgan fingerprint density at radius 3 is 2.16 bits per heavy atom. The Morgan fingerprint density at radius 1 is 0.938 bits per heavy atom. The van der Waals surface area contributed by atoms with Crippen LogP contribution in [0.1, 0.15) is 34.0 Å². The molecular formula is C25H27NO5S. The van der Waals surface area contributed by atoms with Crippen molar-refractivity contribution >= 4 is 16.0 Å². The largest absolute Gasteiger partial charge is 0.465 e. The molecule has 0 aromatic heterocycles. The van der Waals surface area contributed by atoms with Crippen molar-refractivity contribution in [1.29, 1.82) is 0 Å². The second kappa shape index (κ2) is 10.4. The van der Waals surface area contributed by atoms with Crippen LogP contribution in [0.15, 0.2) is 71.6 Å². The van der Waals surface area contributed by atoms with Gasteiger partial charge in [0.1, 0.15) is 11.5 Å². The average Bonchev–Trinajstić information content (AvgIpc) is 2.80. The molecule has 0 atom stereocenters. The highest BCUT2D eigenvalue weighted by atomic mass is 32.2. The number of esters is 1. The lowest BCUT2D eigenvalue weighted by Gasteiger charge is -2.11. The van der Waals surface area contributed by atoms with Crippen molar-refractivity contribution in [3.8, 4) is 11.5 Å². The molecule has 0 aliphatic rings. The molecule has 3 rings (SSSR count). The lowest BCUT2D eigenvalue weighted by atomic mass is 10.1. The van der Waals surface area contributed by atoms with Crippen LogP contribution >= 0.6 is 0 Å². The Kier molecular flexibility index (Phi) is 7.66. The van der Waals surface area contributed by atoms with Crippen LogP contribution in [0.2, 0.25) is 0 Å². The molecule has 0 radical (unpaired) electrons. The first-order valence-corrected chi connectivity index (χ1v) is 11.8. The fraction of sp³-hybridized carbons (Fsp3) is 0.240. The topological polar surface area (TPSA) is 81.7 Å². The zero-order chi connectivity index (χ0) is 23.1. The van der Waals surface area contributed by atoms with Crippen LogP contribution in [0, 0.1) is 6.92 Å². The summed E-state index contributed by atoms with van der Waals surface area (Å²) in [6, 6.07) is 19.8. The van der Waals surface area contributed by atoms with Crippen LogP contribution in [0.4, 0.5) is 0 Å². The quantitative estimate of drug-likeness (QED) is 0.477. The summed E-state index contributed by atoms with van der Waals surface area (Å²) in [6.45, 7) is 4.14. The second-order valence-corrected chi connectivity index (χ2v) is 9.14. The Balaban J connectivity index is 1.60. The molecule has 0 spiro atoms. The number of ether oxygens (including phenoxy) is 2. The van der Waals surface area contributed by atoms with Gasteiger partial charge in [-0.25, -0.2) is 17.9 Å². The number of carbonyl (C=O) groups is 1. The second-order valence-electron chi connectivity index (χ2n) is 7.37. The van der Waals surface area contributed by atoms with Gasteiger partial charge in [0.25, 0.3) is 0 Å². The van der Waals surface area contributed by atoms with E-state index in [2.05, 4.69) is 4.72 Å². The van der Waals surface area contributed by atoms with Gasteiger partial charge in [-0.2, -0.15) is 0 Å². The van der Waals surface area contributed by atoms with Crippen LogP contribution in [0.25, 0.3) is 0 Å². The van der Waals surface area contributed by atoms with Crippen LogP contribution in [0.3, 0.4) is 0 Å². The van der Waals surface area contributed by atoms with E-state index in [1.807, 2.05) is 62.4 Å². The van der Waals surface area contributed by atoms with Gasteiger partial charge < -0.3 is 9.47 Å². The summed E-state index contributed by atoms with van der Waals surface area (Å²) in [6.07, 6.45) is 1.11. The first kappa shape index (κ1) is 23.5. The fourth-order valence-electron chi connectivity index (χ4n) is 3.21. The standard InChI is InChI=1S/C25H27NO5S/c1-4-20-9-14-23(17-24(20)25(27)30-3)32(28,29)26-16-15-19-7-12-22(13-8-19)31-21-10-5-18(2)6-11-21/h5-14,17,26H,4,15-16H2,1-3H3. The fourth-order valence-corrected chi connectivity index (χ4v) is 4.27. The normalized spacial score (nSPS) is 11.2. The first-order valence-electron chi connectivity index (χ1n) is 10.4. The van der Waals surface area contributed by atoms with Gasteiger partial charge in [0.15, 0.2) is 0 Å². The monoisotopic (exact) mass is 453 g/mol. The number of aryl methyl sites for hydroxylation is 2. The van der Waals surface area contributed by atoms with Gasteiger partial charge in [-0.1, -0.05) is 42.8 Å². The smallest absolute Gasteiger partial charge is 0.338 e. The average molecular weight is 454 g/mol. The van der Waals surface area contributed by atoms with E-state index < -0.39 is 16.0 Å². The molecule has 0 saturated carbocycles. The van der Waals surface area contributed by atoms with E-state index in [1.165, 1.54) is 19.2 Å². The number of rotatable bonds is 9. The van der Waals surface area contributed by atoms with Gasteiger partial charge in [-0.3, -0.25) is 0 Å². The molecule has 3 aromatic carbocycles. The maximum Gasteiger partial charge on any atom is 0.338 e. The number of methoxy groups -OCH3 is 1. The number of sulfonamides is 1. The number of nitrogens with one attached hydrogen (secondary N) is 1. The molecule has 0 saturated heterocycles. The molecule has 3 aromatic rings. The Labute approximate surface area is 189 Å². The van der Waals surface area contributed by atoms with Crippen molar-refractivity contribution in [1.82, 2.24) is 4.72 Å². The van der Waals surface area contributed by atoms with E-state index in [0.29, 0.717) is 18.6 Å². The lowest BCUT2D eigenvalue weighted by Crippen LogP contribution is -2.26. The Morgan fingerprint density at radius 2 is 1.56 bits per heavy atom. The number of carbonyl (C=O) groups excluding carboxylic acids is 1. The van der Waals surface area contributed by atoms with E-state index in [-0.39, 0.29) is 17.0 Å². The summed E-state index contributed by atoms with van der Waals surface area (Å²) >= 11 is 0. The summed E-state index contributed by atoms with van der Waals surface area (Å²) < 4.78 is 38.5. The first-order chi connectivity index (χ1) is 15.3. The zero-order valence-electron chi connectivity index (χ0n) is 18.4. The van der Waals surface area contributed by atoms with Crippen LogP contribution in [-0.2, 0) is 27.6 Å². The third-order valence-electron chi connectivity index (χ3n) is 5.06. The molecule has 0 amide bonds. The van der Waals surface area contributed by atoms with Crippen LogP contribution in [-0.4, -0.2) is 28.0 Å². The molecule has 0 bridgehead atoms. The van der Waals surface area contributed by atoms with Crippen molar-refractivity contribution in [2.75, 3.05) is 13.7 Å². The maximum absolute atomic E-state index is 12.7. The lowest BCUT2D eigenvalue weighted by molar-refractivity contribution is 0.0599. The number of hydrogen-bond donors (Lipinski definition) is 1. The maximum atomic E-state index is 12.7. The summed E-state index contributed by atoms with van der Waals surface area (Å²) in [7, 11) is -2.48. The van der Waals surface area contributed by atoms with Crippen molar-refractivity contribution in [3.05, 3.63) is 89.0 Å². The molecule has 32 heavy (non-hydrogen) atoms. The van der Waals surface area contributed by atoms with Gasteiger partial charge in [0.2, 0.25) is 10.0 Å². The van der Waals surface area contributed by atoms with Gasteiger partial charge in [-0.15, -0.1) is 0 Å².